The Hall–Kier alpha value is -2.18. The fraction of sp³-hybridized carbons (Fsp3) is 0.333. The van der Waals surface area contributed by atoms with Crippen molar-refractivity contribution >= 4 is 28.9 Å². The minimum absolute atomic E-state index is 0.000672. The number of anilines is 1. The molecule has 1 aliphatic rings. The van der Waals surface area contributed by atoms with Crippen LogP contribution in [-0.2, 0) is 9.53 Å². The van der Waals surface area contributed by atoms with Crippen molar-refractivity contribution in [2.75, 3.05) is 25.5 Å². The first-order valence-electron chi connectivity index (χ1n) is 8.03. The summed E-state index contributed by atoms with van der Waals surface area (Å²) in [6, 6.07) is 11.4. The molecule has 1 saturated heterocycles. The van der Waals surface area contributed by atoms with Gasteiger partial charge in [-0.1, -0.05) is 6.07 Å². The number of esters is 1. The number of methoxy groups -OCH3 is 1. The number of quaternary nitrogens is 1. The molecule has 3 rings (SSSR count). The Balaban J connectivity index is 1.58. The number of rotatable bonds is 5. The molecule has 5 nitrogen and oxygen atoms in total. The molecule has 0 bridgehead atoms. The van der Waals surface area contributed by atoms with Crippen molar-refractivity contribution in [3.05, 3.63) is 52.2 Å². The number of ether oxygens (including phenoxy) is 1. The second kappa shape index (κ2) is 7.59. The predicted molar refractivity (Wildman–Crippen MR) is 93.4 cm³/mol. The number of thiophene rings is 1. The lowest BCUT2D eigenvalue weighted by molar-refractivity contribution is -0.910. The molecule has 1 aromatic heterocycles. The van der Waals surface area contributed by atoms with Gasteiger partial charge < -0.3 is 15.0 Å². The smallest absolute Gasteiger partial charge is 0.337 e. The molecular formula is C18H21N2O3S+. The van der Waals surface area contributed by atoms with E-state index in [1.165, 1.54) is 16.9 Å². The van der Waals surface area contributed by atoms with Gasteiger partial charge in [-0.05, 0) is 35.7 Å². The highest BCUT2D eigenvalue weighted by Crippen LogP contribution is 2.23. The standard InChI is InChI=1S/C18H20N2O3S/c1-23-18(22)13-6-8-14(9-7-13)19-17(21)12-20-10-2-4-15(20)16-5-3-11-24-16/h3,5-9,11,15H,2,4,10,12H2,1H3,(H,19,21)/p+1/t15-/m1/s1. The molecule has 1 aromatic carbocycles. The molecule has 126 valence electrons. The minimum Gasteiger partial charge on any atom is -0.465 e. The Morgan fingerprint density at radius 3 is 2.75 bits per heavy atom. The van der Waals surface area contributed by atoms with E-state index in [-0.39, 0.29) is 11.9 Å². The van der Waals surface area contributed by atoms with Crippen LogP contribution >= 0.6 is 11.3 Å². The topological polar surface area (TPSA) is 59.8 Å². The van der Waals surface area contributed by atoms with Crippen LogP contribution < -0.4 is 10.2 Å². The summed E-state index contributed by atoms with van der Waals surface area (Å²) in [7, 11) is 1.35. The van der Waals surface area contributed by atoms with Crippen molar-refractivity contribution in [2.45, 2.75) is 18.9 Å². The van der Waals surface area contributed by atoms with E-state index in [4.69, 9.17) is 0 Å². The van der Waals surface area contributed by atoms with Gasteiger partial charge in [0.2, 0.25) is 0 Å². The van der Waals surface area contributed by atoms with E-state index in [0.717, 1.165) is 19.4 Å². The van der Waals surface area contributed by atoms with E-state index in [2.05, 4.69) is 27.6 Å². The van der Waals surface area contributed by atoms with Gasteiger partial charge in [-0.3, -0.25) is 4.79 Å². The van der Waals surface area contributed by atoms with Gasteiger partial charge in [0.05, 0.1) is 24.1 Å². The Morgan fingerprint density at radius 1 is 1.29 bits per heavy atom. The van der Waals surface area contributed by atoms with Gasteiger partial charge in [0, 0.05) is 18.5 Å². The molecule has 2 atom stereocenters. The fourth-order valence-electron chi connectivity index (χ4n) is 3.18. The zero-order valence-electron chi connectivity index (χ0n) is 13.6. The highest BCUT2D eigenvalue weighted by molar-refractivity contribution is 7.10. The molecular weight excluding hydrogens is 324 g/mol. The van der Waals surface area contributed by atoms with Gasteiger partial charge in [0.25, 0.3) is 5.91 Å². The summed E-state index contributed by atoms with van der Waals surface area (Å²) in [5.41, 5.74) is 1.16. The SMILES string of the molecule is COC(=O)c1ccc(NC(=O)C[NH+]2CCC[C@@H]2c2cccs2)cc1. The molecule has 0 aliphatic carbocycles. The summed E-state index contributed by atoms with van der Waals surface area (Å²) in [4.78, 5) is 26.4. The highest BCUT2D eigenvalue weighted by Gasteiger charge is 2.32. The van der Waals surface area contributed by atoms with Crippen molar-refractivity contribution in [2.24, 2.45) is 0 Å². The van der Waals surface area contributed by atoms with Crippen molar-refractivity contribution in [3.63, 3.8) is 0 Å². The molecule has 24 heavy (non-hydrogen) atoms. The van der Waals surface area contributed by atoms with Gasteiger partial charge in [-0.2, -0.15) is 0 Å². The van der Waals surface area contributed by atoms with Crippen LogP contribution in [0.1, 0.15) is 34.1 Å². The van der Waals surface area contributed by atoms with Gasteiger partial charge in [0.15, 0.2) is 6.54 Å². The molecule has 6 heteroatoms. The quantitative estimate of drug-likeness (QED) is 0.814. The zero-order chi connectivity index (χ0) is 16.9. The van der Waals surface area contributed by atoms with Gasteiger partial charge in [-0.25, -0.2) is 4.79 Å². The van der Waals surface area contributed by atoms with Gasteiger partial charge in [0.1, 0.15) is 6.04 Å². The fourth-order valence-corrected chi connectivity index (χ4v) is 4.10. The van der Waals surface area contributed by atoms with Gasteiger partial charge in [-0.15, -0.1) is 11.3 Å². The van der Waals surface area contributed by atoms with Crippen LogP contribution in [0.5, 0.6) is 0 Å². The van der Waals surface area contributed by atoms with Crippen LogP contribution in [0.4, 0.5) is 5.69 Å². The summed E-state index contributed by atoms with van der Waals surface area (Å²) in [5, 5.41) is 5.00. The Bertz CT molecular complexity index is 698. The first-order chi connectivity index (χ1) is 11.7. The number of hydrogen-bond acceptors (Lipinski definition) is 4. The van der Waals surface area contributed by atoms with Crippen molar-refractivity contribution in [1.29, 1.82) is 0 Å². The summed E-state index contributed by atoms with van der Waals surface area (Å²) >= 11 is 1.77. The molecule has 0 radical (unpaired) electrons. The highest BCUT2D eigenvalue weighted by atomic mass is 32.1. The lowest BCUT2D eigenvalue weighted by Gasteiger charge is -2.20. The van der Waals surface area contributed by atoms with E-state index < -0.39 is 0 Å². The molecule has 2 heterocycles. The van der Waals surface area contributed by atoms with Crippen LogP contribution in [0.25, 0.3) is 0 Å². The minimum atomic E-state index is -0.381. The maximum absolute atomic E-state index is 12.3. The Kier molecular flexibility index (Phi) is 5.27. The molecule has 2 aromatic rings. The third-order valence-corrected chi connectivity index (χ3v) is 5.33. The van der Waals surface area contributed by atoms with E-state index in [1.807, 2.05) is 0 Å². The summed E-state index contributed by atoms with van der Waals surface area (Å²) in [5.74, 6) is -0.382. The van der Waals surface area contributed by atoms with Crippen molar-refractivity contribution in [1.82, 2.24) is 0 Å². The number of nitrogens with one attached hydrogen (secondary N) is 2. The average molecular weight is 345 g/mol. The van der Waals surface area contributed by atoms with Gasteiger partial charge >= 0.3 is 5.97 Å². The Labute approximate surface area is 145 Å². The lowest BCUT2D eigenvalue weighted by atomic mass is 10.2. The number of amides is 1. The Morgan fingerprint density at radius 2 is 2.08 bits per heavy atom. The molecule has 0 spiro atoms. The zero-order valence-corrected chi connectivity index (χ0v) is 14.4. The largest absolute Gasteiger partial charge is 0.465 e. The molecule has 1 aliphatic heterocycles. The monoisotopic (exact) mass is 345 g/mol. The normalized spacial score (nSPS) is 19.9. The van der Waals surface area contributed by atoms with E-state index in [9.17, 15) is 9.59 Å². The third-order valence-electron chi connectivity index (χ3n) is 4.35. The average Bonchev–Trinajstić information content (AvgIpc) is 3.26. The number of likely N-dealkylation sites (tertiary alicyclic amines) is 1. The number of benzene rings is 1. The maximum Gasteiger partial charge on any atom is 0.337 e. The first-order valence-corrected chi connectivity index (χ1v) is 8.91. The van der Waals surface area contributed by atoms with Crippen molar-refractivity contribution in [3.8, 4) is 0 Å². The summed E-state index contributed by atoms with van der Waals surface area (Å²) < 4.78 is 4.66. The van der Waals surface area contributed by atoms with E-state index in [0.29, 0.717) is 23.8 Å². The maximum atomic E-state index is 12.3. The van der Waals surface area contributed by atoms with Crippen LogP contribution in [0, 0.1) is 0 Å². The van der Waals surface area contributed by atoms with Crippen LogP contribution in [0.2, 0.25) is 0 Å². The van der Waals surface area contributed by atoms with Crippen molar-refractivity contribution < 1.29 is 19.2 Å². The number of hydrogen-bond donors (Lipinski definition) is 2. The summed E-state index contributed by atoms with van der Waals surface area (Å²) in [6.45, 7) is 1.48. The van der Waals surface area contributed by atoms with Crippen LogP contribution in [-0.4, -0.2) is 32.1 Å². The number of carbonyl (C=O) groups excluding carboxylic acids is 2. The van der Waals surface area contributed by atoms with E-state index in [1.54, 1.807) is 35.6 Å². The predicted octanol–water partition coefficient (Wildman–Crippen LogP) is 1.89. The second-order valence-corrected chi connectivity index (χ2v) is 6.89. The van der Waals surface area contributed by atoms with E-state index >= 15 is 0 Å². The molecule has 0 saturated carbocycles. The second-order valence-electron chi connectivity index (χ2n) is 5.91. The molecule has 1 amide bonds. The van der Waals surface area contributed by atoms with Crippen LogP contribution in [0.15, 0.2) is 41.8 Å². The molecule has 1 unspecified atom stereocenters. The molecule has 2 N–H and O–H groups in total. The lowest BCUT2D eigenvalue weighted by Crippen LogP contribution is -3.11. The summed E-state index contributed by atoms with van der Waals surface area (Å²) in [6.07, 6.45) is 2.29. The number of carbonyl (C=O) groups is 2. The third kappa shape index (κ3) is 3.83. The molecule has 1 fully saturated rings. The van der Waals surface area contributed by atoms with Crippen LogP contribution in [0.3, 0.4) is 0 Å². The first kappa shape index (κ1) is 16.7.